The van der Waals surface area contributed by atoms with Crippen molar-refractivity contribution in [2.24, 2.45) is 5.41 Å². The maximum Gasteiger partial charge on any atom is 0.0916 e. The first kappa shape index (κ1) is 14.8. The maximum atomic E-state index is 10.3. The molecule has 106 valence electrons. The molecule has 0 spiro atoms. The lowest BCUT2D eigenvalue weighted by molar-refractivity contribution is 0.0210. The SMILES string of the molecule is CC1(CO)CCCN(CC(O)c2ccc(Cl)cc2)C1. The molecule has 1 aromatic rings. The Morgan fingerprint density at radius 3 is 2.68 bits per heavy atom. The van der Waals surface area contributed by atoms with Crippen molar-refractivity contribution < 1.29 is 10.2 Å². The molecule has 0 aliphatic carbocycles. The third-order valence-corrected chi connectivity index (χ3v) is 4.18. The van der Waals surface area contributed by atoms with Crippen molar-refractivity contribution in [3.8, 4) is 0 Å². The molecule has 4 heteroatoms. The van der Waals surface area contributed by atoms with Crippen LogP contribution in [-0.4, -0.2) is 41.4 Å². The number of piperidine rings is 1. The molecule has 1 aliphatic heterocycles. The zero-order chi connectivity index (χ0) is 13.9. The molecule has 0 radical (unpaired) electrons. The van der Waals surface area contributed by atoms with E-state index in [-0.39, 0.29) is 12.0 Å². The number of nitrogens with zero attached hydrogens (tertiary/aromatic N) is 1. The summed E-state index contributed by atoms with van der Waals surface area (Å²) in [4.78, 5) is 2.24. The minimum atomic E-state index is -0.502. The van der Waals surface area contributed by atoms with Crippen LogP contribution in [0.25, 0.3) is 0 Å². The molecular weight excluding hydrogens is 262 g/mol. The summed E-state index contributed by atoms with van der Waals surface area (Å²) in [5.41, 5.74) is 0.860. The van der Waals surface area contributed by atoms with E-state index < -0.39 is 6.10 Å². The van der Waals surface area contributed by atoms with Crippen LogP contribution in [0.4, 0.5) is 0 Å². The summed E-state index contributed by atoms with van der Waals surface area (Å²) < 4.78 is 0. The van der Waals surface area contributed by atoms with E-state index in [1.54, 1.807) is 12.1 Å². The van der Waals surface area contributed by atoms with E-state index in [1.807, 2.05) is 12.1 Å². The molecule has 1 saturated heterocycles. The molecule has 0 saturated carbocycles. The Balaban J connectivity index is 1.95. The first-order valence-electron chi connectivity index (χ1n) is 6.79. The molecule has 2 unspecified atom stereocenters. The largest absolute Gasteiger partial charge is 0.396 e. The number of halogens is 1. The minimum absolute atomic E-state index is 0.0298. The number of benzene rings is 1. The van der Waals surface area contributed by atoms with Gasteiger partial charge in [0.2, 0.25) is 0 Å². The smallest absolute Gasteiger partial charge is 0.0916 e. The molecule has 3 nitrogen and oxygen atoms in total. The van der Waals surface area contributed by atoms with Crippen molar-refractivity contribution in [1.82, 2.24) is 4.90 Å². The van der Waals surface area contributed by atoms with Gasteiger partial charge in [-0.15, -0.1) is 0 Å². The van der Waals surface area contributed by atoms with Crippen molar-refractivity contribution in [3.05, 3.63) is 34.9 Å². The number of aliphatic hydroxyl groups is 2. The molecule has 0 aromatic heterocycles. The van der Waals surface area contributed by atoms with Gasteiger partial charge in [-0.25, -0.2) is 0 Å². The van der Waals surface area contributed by atoms with Crippen LogP contribution in [-0.2, 0) is 0 Å². The average Bonchev–Trinajstić information content (AvgIpc) is 2.39. The third kappa shape index (κ3) is 3.93. The van der Waals surface area contributed by atoms with Crippen molar-refractivity contribution in [2.75, 3.05) is 26.2 Å². The normalized spacial score (nSPS) is 26.3. The third-order valence-electron chi connectivity index (χ3n) is 3.93. The molecule has 2 N–H and O–H groups in total. The van der Waals surface area contributed by atoms with Crippen LogP contribution < -0.4 is 0 Å². The Hall–Kier alpha value is -0.610. The summed E-state index contributed by atoms with van der Waals surface area (Å²) in [6.45, 7) is 4.75. The van der Waals surface area contributed by atoms with Gasteiger partial charge in [0.15, 0.2) is 0 Å². The molecule has 0 amide bonds. The number of β-amino-alcohol motifs (C(OH)–C–C–N with tert-alkyl or cyclic N) is 1. The molecule has 1 aliphatic rings. The van der Waals surface area contributed by atoms with Gasteiger partial charge < -0.3 is 10.2 Å². The fourth-order valence-corrected chi connectivity index (χ4v) is 2.87. The van der Waals surface area contributed by atoms with Crippen LogP contribution in [0.3, 0.4) is 0 Å². The molecular formula is C15H22ClNO2. The van der Waals surface area contributed by atoms with Gasteiger partial charge in [-0.2, -0.15) is 0 Å². The first-order valence-corrected chi connectivity index (χ1v) is 7.17. The Labute approximate surface area is 119 Å². The summed E-state index contributed by atoms with van der Waals surface area (Å²) in [6.07, 6.45) is 1.62. The molecule has 19 heavy (non-hydrogen) atoms. The number of hydrogen-bond donors (Lipinski definition) is 2. The van der Waals surface area contributed by atoms with Crippen LogP contribution in [0.1, 0.15) is 31.4 Å². The standard InChI is InChI=1S/C15H22ClNO2/c1-15(11-18)7-2-8-17(10-15)9-14(19)12-3-5-13(16)6-4-12/h3-6,14,18-19H,2,7-11H2,1H3. The van der Waals surface area contributed by atoms with Crippen molar-refractivity contribution in [3.63, 3.8) is 0 Å². The zero-order valence-corrected chi connectivity index (χ0v) is 12.1. The first-order chi connectivity index (χ1) is 9.02. The summed E-state index contributed by atoms with van der Waals surface area (Å²) in [7, 11) is 0. The maximum absolute atomic E-state index is 10.3. The quantitative estimate of drug-likeness (QED) is 0.892. The van der Waals surface area contributed by atoms with Crippen LogP contribution in [0.5, 0.6) is 0 Å². The second-order valence-electron chi connectivity index (χ2n) is 5.87. The molecule has 0 bridgehead atoms. The van der Waals surface area contributed by atoms with Crippen LogP contribution in [0.15, 0.2) is 24.3 Å². The highest BCUT2D eigenvalue weighted by molar-refractivity contribution is 6.30. The number of likely N-dealkylation sites (tertiary alicyclic amines) is 1. The molecule has 1 aromatic carbocycles. The van der Waals surface area contributed by atoms with E-state index >= 15 is 0 Å². The van der Waals surface area contributed by atoms with Gasteiger partial charge in [-0.3, -0.25) is 4.90 Å². The highest BCUT2D eigenvalue weighted by Crippen LogP contribution is 2.29. The summed E-state index contributed by atoms with van der Waals surface area (Å²) in [6, 6.07) is 7.33. The Bertz CT molecular complexity index is 409. The van der Waals surface area contributed by atoms with Gasteiger partial charge in [0, 0.05) is 30.1 Å². The number of aliphatic hydroxyl groups excluding tert-OH is 2. The van der Waals surface area contributed by atoms with Crippen molar-refractivity contribution >= 4 is 11.6 Å². The highest BCUT2D eigenvalue weighted by atomic mass is 35.5. The topological polar surface area (TPSA) is 43.7 Å². The van der Waals surface area contributed by atoms with E-state index in [0.717, 1.165) is 31.5 Å². The second kappa shape index (κ2) is 6.23. The van der Waals surface area contributed by atoms with Crippen molar-refractivity contribution in [1.29, 1.82) is 0 Å². The van der Waals surface area contributed by atoms with E-state index in [0.29, 0.717) is 11.6 Å². The number of hydrogen-bond acceptors (Lipinski definition) is 3. The van der Waals surface area contributed by atoms with Gasteiger partial charge in [0.25, 0.3) is 0 Å². The molecule has 1 fully saturated rings. The fraction of sp³-hybridized carbons (Fsp3) is 0.600. The summed E-state index contributed by atoms with van der Waals surface area (Å²) in [5, 5.41) is 20.4. The van der Waals surface area contributed by atoms with Gasteiger partial charge in [-0.1, -0.05) is 30.7 Å². The Kier molecular flexibility index (Phi) is 4.85. The molecule has 2 rings (SSSR count). The van der Waals surface area contributed by atoms with Gasteiger partial charge in [-0.05, 0) is 37.1 Å². The Morgan fingerprint density at radius 1 is 1.37 bits per heavy atom. The van der Waals surface area contributed by atoms with E-state index in [4.69, 9.17) is 11.6 Å². The fourth-order valence-electron chi connectivity index (χ4n) is 2.75. The predicted molar refractivity (Wildman–Crippen MR) is 77.3 cm³/mol. The average molecular weight is 284 g/mol. The molecule has 1 heterocycles. The lowest BCUT2D eigenvalue weighted by atomic mass is 9.82. The minimum Gasteiger partial charge on any atom is -0.396 e. The summed E-state index contributed by atoms with van der Waals surface area (Å²) in [5.74, 6) is 0. The molecule has 2 atom stereocenters. The Morgan fingerprint density at radius 2 is 2.05 bits per heavy atom. The van der Waals surface area contributed by atoms with Crippen molar-refractivity contribution in [2.45, 2.75) is 25.9 Å². The highest BCUT2D eigenvalue weighted by Gasteiger charge is 2.31. The van der Waals surface area contributed by atoms with E-state index in [2.05, 4.69) is 11.8 Å². The van der Waals surface area contributed by atoms with E-state index in [1.165, 1.54) is 0 Å². The number of rotatable bonds is 4. The lowest BCUT2D eigenvalue weighted by Crippen LogP contribution is -2.45. The van der Waals surface area contributed by atoms with Gasteiger partial charge >= 0.3 is 0 Å². The summed E-state index contributed by atoms with van der Waals surface area (Å²) >= 11 is 5.84. The van der Waals surface area contributed by atoms with Crippen LogP contribution in [0.2, 0.25) is 5.02 Å². The van der Waals surface area contributed by atoms with Gasteiger partial charge in [0.05, 0.1) is 6.10 Å². The van der Waals surface area contributed by atoms with Gasteiger partial charge in [0.1, 0.15) is 0 Å². The van der Waals surface area contributed by atoms with E-state index in [9.17, 15) is 10.2 Å². The second-order valence-corrected chi connectivity index (χ2v) is 6.31. The zero-order valence-electron chi connectivity index (χ0n) is 11.3. The van der Waals surface area contributed by atoms with Crippen LogP contribution in [0, 0.1) is 5.41 Å². The monoisotopic (exact) mass is 283 g/mol. The predicted octanol–water partition coefficient (Wildman–Crippen LogP) is 2.47. The van der Waals surface area contributed by atoms with Crippen LogP contribution >= 0.6 is 11.6 Å². The lowest BCUT2D eigenvalue weighted by Gasteiger charge is -2.40.